The Morgan fingerprint density at radius 3 is 2.67 bits per heavy atom. The van der Waals surface area contributed by atoms with Crippen LogP contribution in [0, 0.1) is 0 Å². The standard InChI is InChI=1S/C16H11Cl2F3N4O2/c1-27-12-3-2-9(17)5-10(12)15(26)22-6-13-23-24-14-11(18)4-8(7-25(13)14)16(19,20)21/h2-5,7H,6H2,1H3,(H,22,26). The number of pyridine rings is 1. The smallest absolute Gasteiger partial charge is 0.417 e. The summed E-state index contributed by atoms with van der Waals surface area (Å²) < 4.78 is 45.1. The summed E-state index contributed by atoms with van der Waals surface area (Å²) in [6.07, 6.45) is -3.76. The first-order valence-electron chi connectivity index (χ1n) is 7.43. The Kier molecular flexibility index (Phi) is 5.16. The van der Waals surface area contributed by atoms with Crippen LogP contribution in [-0.4, -0.2) is 27.6 Å². The second-order valence-electron chi connectivity index (χ2n) is 5.41. The first-order chi connectivity index (χ1) is 12.7. The number of fused-ring (bicyclic) bond motifs is 1. The van der Waals surface area contributed by atoms with E-state index in [0.29, 0.717) is 10.8 Å². The zero-order valence-corrected chi connectivity index (χ0v) is 15.2. The number of benzene rings is 1. The van der Waals surface area contributed by atoms with Gasteiger partial charge in [0, 0.05) is 11.2 Å². The molecule has 2 heterocycles. The molecule has 0 saturated carbocycles. The molecule has 142 valence electrons. The van der Waals surface area contributed by atoms with Gasteiger partial charge in [-0.25, -0.2) is 0 Å². The van der Waals surface area contributed by atoms with Crippen LogP contribution in [0.1, 0.15) is 21.7 Å². The van der Waals surface area contributed by atoms with Crippen molar-refractivity contribution in [1.82, 2.24) is 19.9 Å². The average Bonchev–Trinajstić information content (AvgIpc) is 3.02. The minimum Gasteiger partial charge on any atom is -0.496 e. The Labute approximate surface area is 160 Å². The molecule has 6 nitrogen and oxygen atoms in total. The third-order valence-electron chi connectivity index (χ3n) is 3.67. The zero-order chi connectivity index (χ0) is 19.8. The van der Waals surface area contributed by atoms with Gasteiger partial charge in [0.2, 0.25) is 0 Å². The number of alkyl halides is 3. The number of methoxy groups -OCH3 is 1. The first kappa shape index (κ1) is 19.2. The van der Waals surface area contributed by atoms with Gasteiger partial charge >= 0.3 is 6.18 Å². The van der Waals surface area contributed by atoms with Gasteiger partial charge in [-0.15, -0.1) is 10.2 Å². The van der Waals surface area contributed by atoms with E-state index in [1.54, 1.807) is 6.07 Å². The van der Waals surface area contributed by atoms with Gasteiger partial charge in [0.1, 0.15) is 5.75 Å². The number of amides is 1. The predicted octanol–water partition coefficient (Wildman–Crippen LogP) is 3.99. The molecule has 1 amide bonds. The highest BCUT2D eigenvalue weighted by molar-refractivity contribution is 6.33. The summed E-state index contributed by atoms with van der Waals surface area (Å²) in [6.45, 7) is -0.187. The summed E-state index contributed by atoms with van der Waals surface area (Å²) >= 11 is 11.7. The lowest BCUT2D eigenvalue weighted by Gasteiger charge is -2.10. The van der Waals surface area contributed by atoms with Crippen LogP contribution < -0.4 is 10.1 Å². The van der Waals surface area contributed by atoms with Gasteiger partial charge < -0.3 is 10.1 Å². The van der Waals surface area contributed by atoms with Crippen LogP contribution in [0.3, 0.4) is 0 Å². The first-order valence-corrected chi connectivity index (χ1v) is 8.18. The van der Waals surface area contributed by atoms with Crippen molar-refractivity contribution in [2.75, 3.05) is 7.11 Å². The maximum absolute atomic E-state index is 13.0. The van der Waals surface area contributed by atoms with Gasteiger partial charge in [-0.3, -0.25) is 9.20 Å². The fourth-order valence-corrected chi connectivity index (χ4v) is 2.81. The van der Waals surface area contributed by atoms with Gasteiger partial charge in [-0.2, -0.15) is 13.2 Å². The number of rotatable bonds is 4. The maximum Gasteiger partial charge on any atom is 0.417 e. The molecule has 0 aliphatic carbocycles. The minimum absolute atomic E-state index is 0.0502. The highest BCUT2D eigenvalue weighted by Gasteiger charge is 2.32. The van der Waals surface area contributed by atoms with Gasteiger partial charge in [0.25, 0.3) is 5.91 Å². The number of nitrogens with one attached hydrogen (secondary N) is 1. The van der Waals surface area contributed by atoms with Crippen LogP contribution in [0.2, 0.25) is 10.0 Å². The number of halogens is 5. The average molecular weight is 419 g/mol. The number of nitrogens with zero attached hydrogens (tertiary/aromatic N) is 3. The number of ether oxygens (including phenoxy) is 1. The van der Waals surface area contributed by atoms with E-state index in [2.05, 4.69) is 15.5 Å². The molecule has 0 radical (unpaired) electrons. The van der Waals surface area contributed by atoms with Crippen molar-refractivity contribution in [3.63, 3.8) is 0 Å². The SMILES string of the molecule is COc1ccc(Cl)cc1C(=O)NCc1nnc2c(Cl)cc(C(F)(F)F)cn12. The molecule has 3 rings (SSSR count). The Morgan fingerprint density at radius 2 is 2.00 bits per heavy atom. The highest BCUT2D eigenvalue weighted by atomic mass is 35.5. The van der Waals surface area contributed by atoms with E-state index in [1.807, 2.05) is 0 Å². The van der Waals surface area contributed by atoms with Crippen molar-refractivity contribution in [2.45, 2.75) is 12.7 Å². The summed E-state index contributed by atoms with van der Waals surface area (Å²) in [5.41, 5.74) is -0.731. The van der Waals surface area contributed by atoms with Gasteiger partial charge in [0.15, 0.2) is 11.5 Å². The van der Waals surface area contributed by atoms with E-state index in [0.717, 1.165) is 16.7 Å². The molecular weight excluding hydrogens is 408 g/mol. The third-order valence-corrected chi connectivity index (χ3v) is 4.18. The predicted molar refractivity (Wildman–Crippen MR) is 92.2 cm³/mol. The van der Waals surface area contributed by atoms with E-state index in [9.17, 15) is 18.0 Å². The molecule has 11 heteroatoms. The molecule has 0 aliphatic rings. The Balaban J connectivity index is 1.88. The van der Waals surface area contributed by atoms with Crippen LogP contribution in [0.25, 0.3) is 5.65 Å². The van der Waals surface area contributed by atoms with Gasteiger partial charge in [0.05, 0.1) is 29.8 Å². The van der Waals surface area contributed by atoms with Crippen molar-refractivity contribution >= 4 is 34.8 Å². The van der Waals surface area contributed by atoms with E-state index in [4.69, 9.17) is 27.9 Å². The van der Waals surface area contributed by atoms with Crippen LogP contribution >= 0.6 is 23.2 Å². The van der Waals surface area contributed by atoms with Crippen molar-refractivity contribution < 1.29 is 22.7 Å². The van der Waals surface area contributed by atoms with Crippen LogP contribution in [0.4, 0.5) is 13.2 Å². The van der Waals surface area contributed by atoms with E-state index in [-0.39, 0.29) is 28.6 Å². The molecule has 2 aromatic heterocycles. The molecule has 0 aliphatic heterocycles. The molecule has 3 aromatic rings. The van der Waals surface area contributed by atoms with Crippen LogP contribution in [-0.2, 0) is 12.7 Å². The van der Waals surface area contributed by atoms with Gasteiger partial charge in [-0.05, 0) is 24.3 Å². The molecular formula is C16H11Cl2F3N4O2. The summed E-state index contributed by atoms with van der Waals surface area (Å²) in [5, 5.41) is 10.2. The summed E-state index contributed by atoms with van der Waals surface area (Å²) in [4.78, 5) is 12.4. The van der Waals surface area contributed by atoms with Crippen LogP contribution in [0.15, 0.2) is 30.5 Å². The lowest BCUT2D eigenvalue weighted by atomic mass is 10.2. The Bertz CT molecular complexity index is 1020. The molecule has 0 unspecified atom stereocenters. The summed E-state index contributed by atoms with van der Waals surface area (Å²) in [5.74, 6) is -0.165. The summed E-state index contributed by atoms with van der Waals surface area (Å²) in [6, 6.07) is 5.27. The lowest BCUT2D eigenvalue weighted by molar-refractivity contribution is -0.137. The Morgan fingerprint density at radius 1 is 1.26 bits per heavy atom. The number of carbonyl (C=O) groups excluding carboxylic acids is 1. The third kappa shape index (κ3) is 3.93. The quantitative estimate of drug-likeness (QED) is 0.695. The van der Waals surface area contributed by atoms with Crippen molar-refractivity contribution in [3.05, 3.63) is 57.5 Å². The number of hydrogen-bond acceptors (Lipinski definition) is 4. The largest absolute Gasteiger partial charge is 0.496 e. The van der Waals surface area contributed by atoms with Gasteiger partial charge in [-0.1, -0.05) is 23.2 Å². The van der Waals surface area contributed by atoms with E-state index < -0.39 is 17.6 Å². The lowest BCUT2D eigenvalue weighted by Crippen LogP contribution is -2.24. The summed E-state index contributed by atoms with van der Waals surface area (Å²) in [7, 11) is 1.40. The van der Waals surface area contributed by atoms with Crippen molar-refractivity contribution in [3.8, 4) is 5.75 Å². The molecule has 0 spiro atoms. The molecule has 1 N–H and O–H groups in total. The second kappa shape index (κ2) is 7.24. The number of aromatic nitrogens is 3. The van der Waals surface area contributed by atoms with E-state index in [1.165, 1.54) is 19.2 Å². The molecule has 1 aromatic carbocycles. The molecule has 0 bridgehead atoms. The molecule has 27 heavy (non-hydrogen) atoms. The van der Waals surface area contributed by atoms with Crippen molar-refractivity contribution in [2.24, 2.45) is 0 Å². The fourth-order valence-electron chi connectivity index (χ4n) is 2.39. The highest BCUT2D eigenvalue weighted by Crippen LogP contribution is 2.32. The topological polar surface area (TPSA) is 68.5 Å². The second-order valence-corrected chi connectivity index (χ2v) is 6.26. The number of carbonyl (C=O) groups is 1. The van der Waals surface area contributed by atoms with E-state index >= 15 is 0 Å². The van der Waals surface area contributed by atoms with Crippen molar-refractivity contribution in [1.29, 1.82) is 0 Å². The molecule has 0 saturated heterocycles. The zero-order valence-electron chi connectivity index (χ0n) is 13.6. The minimum atomic E-state index is -4.59. The Hall–Kier alpha value is -2.52. The molecule has 0 atom stereocenters. The van der Waals surface area contributed by atoms with Crippen LogP contribution in [0.5, 0.6) is 5.75 Å². The maximum atomic E-state index is 13.0. The fraction of sp³-hybridized carbons (Fsp3) is 0.188. The number of hydrogen-bond donors (Lipinski definition) is 1. The monoisotopic (exact) mass is 418 g/mol. The molecule has 0 fully saturated rings. The normalized spacial score (nSPS) is 11.6.